The van der Waals surface area contributed by atoms with Crippen molar-refractivity contribution in [3.63, 3.8) is 0 Å². The van der Waals surface area contributed by atoms with Gasteiger partial charge in [-0.25, -0.2) is 4.39 Å². The molecule has 1 amide bonds. The Hall–Kier alpha value is -2.21. The van der Waals surface area contributed by atoms with E-state index in [1.54, 1.807) is 18.2 Å². The molecule has 22 heavy (non-hydrogen) atoms. The average Bonchev–Trinajstić information content (AvgIpc) is 2.96. The molecule has 6 heteroatoms. The zero-order valence-corrected chi connectivity index (χ0v) is 12.6. The lowest BCUT2D eigenvalue weighted by Crippen LogP contribution is -2.34. The largest absolute Gasteiger partial charge is 0.365 e. The summed E-state index contributed by atoms with van der Waals surface area (Å²) >= 11 is 0. The van der Waals surface area contributed by atoms with Gasteiger partial charge >= 0.3 is 0 Å². The third kappa shape index (κ3) is 4.66. The van der Waals surface area contributed by atoms with Crippen molar-refractivity contribution in [3.05, 3.63) is 41.8 Å². The number of nitrogens with one attached hydrogen (secondary N) is 1. The summed E-state index contributed by atoms with van der Waals surface area (Å²) in [6.45, 7) is 4.09. The molecule has 0 spiro atoms. The smallest absolute Gasteiger partial charge is 0.246 e. The first-order chi connectivity index (χ1) is 10.6. The van der Waals surface area contributed by atoms with Crippen LogP contribution in [0.4, 0.5) is 4.39 Å². The van der Waals surface area contributed by atoms with Crippen LogP contribution in [0.2, 0.25) is 0 Å². The van der Waals surface area contributed by atoms with Crippen LogP contribution in [-0.4, -0.2) is 23.7 Å². The van der Waals surface area contributed by atoms with E-state index >= 15 is 0 Å². The predicted octanol–water partition coefficient (Wildman–Crippen LogP) is 2.91. The number of nitrogens with zero attached hydrogens (tertiary/aromatic N) is 1. The van der Waals surface area contributed by atoms with Gasteiger partial charge in [-0.3, -0.25) is 4.79 Å². The Balaban J connectivity index is 1.82. The molecule has 0 radical (unpaired) electrons. The third-order valence-electron chi connectivity index (χ3n) is 3.19. The maximum Gasteiger partial charge on any atom is 0.246 e. The zero-order valence-electron chi connectivity index (χ0n) is 12.6. The van der Waals surface area contributed by atoms with Gasteiger partial charge in [-0.2, -0.15) is 0 Å². The van der Waals surface area contributed by atoms with Crippen LogP contribution in [0.5, 0.6) is 0 Å². The number of benzene rings is 1. The molecule has 1 atom stereocenters. The monoisotopic (exact) mass is 306 g/mol. The second-order valence-electron chi connectivity index (χ2n) is 5.06. The number of aromatic nitrogens is 1. The van der Waals surface area contributed by atoms with Gasteiger partial charge in [0.1, 0.15) is 18.1 Å². The number of ether oxygens (including phenoxy) is 1. The maximum absolute atomic E-state index is 12.9. The fourth-order valence-corrected chi connectivity index (χ4v) is 1.80. The summed E-state index contributed by atoms with van der Waals surface area (Å²) in [7, 11) is 0. The number of hydrogen-bond donors (Lipinski definition) is 1. The van der Waals surface area contributed by atoms with Crippen LogP contribution in [-0.2, 0) is 16.1 Å². The summed E-state index contributed by atoms with van der Waals surface area (Å²) in [4.78, 5) is 11.5. The van der Waals surface area contributed by atoms with Crippen LogP contribution >= 0.6 is 0 Å². The van der Waals surface area contributed by atoms with Crippen molar-refractivity contribution < 1.29 is 18.4 Å². The zero-order chi connectivity index (χ0) is 15.9. The van der Waals surface area contributed by atoms with Crippen LogP contribution in [0.1, 0.15) is 26.0 Å². The fraction of sp³-hybridized carbons (Fsp3) is 0.375. The van der Waals surface area contributed by atoms with Gasteiger partial charge in [-0.05, 0) is 37.6 Å². The molecular formula is C16H19FN2O3. The molecule has 0 aliphatic carbocycles. The van der Waals surface area contributed by atoms with Gasteiger partial charge in [0, 0.05) is 17.7 Å². The molecule has 0 fully saturated rings. The summed E-state index contributed by atoms with van der Waals surface area (Å²) in [6, 6.07) is 7.77. The second-order valence-corrected chi connectivity index (χ2v) is 5.06. The first kappa shape index (κ1) is 16.2. The van der Waals surface area contributed by atoms with Crippen LogP contribution in [0.15, 0.2) is 34.9 Å². The summed E-state index contributed by atoms with van der Waals surface area (Å²) < 4.78 is 23.3. The maximum atomic E-state index is 12.9. The Labute approximate surface area is 128 Å². The van der Waals surface area contributed by atoms with E-state index < -0.39 is 0 Å². The topological polar surface area (TPSA) is 64.4 Å². The highest BCUT2D eigenvalue weighted by Crippen LogP contribution is 2.20. The molecule has 2 aromatic rings. The van der Waals surface area contributed by atoms with Gasteiger partial charge in [-0.1, -0.05) is 12.1 Å². The lowest BCUT2D eigenvalue weighted by atomic mass is 10.1. The molecule has 0 aliphatic heterocycles. The fourth-order valence-electron chi connectivity index (χ4n) is 1.80. The Morgan fingerprint density at radius 3 is 2.82 bits per heavy atom. The minimum Gasteiger partial charge on any atom is -0.365 e. The van der Waals surface area contributed by atoms with E-state index in [2.05, 4.69) is 10.5 Å². The molecule has 1 aromatic heterocycles. The highest BCUT2D eigenvalue weighted by molar-refractivity contribution is 5.77. The molecule has 1 heterocycles. The Bertz CT molecular complexity index is 610. The average molecular weight is 306 g/mol. The van der Waals surface area contributed by atoms with Crippen LogP contribution in [0.3, 0.4) is 0 Å². The number of rotatable bonds is 7. The van der Waals surface area contributed by atoms with Gasteiger partial charge < -0.3 is 14.6 Å². The molecule has 0 bridgehead atoms. The molecular weight excluding hydrogens is 287 g/mol. The number of carbonyl (C=O) groups excluding carboxylic acids is 1. The minimum atomic E-state index is -0.306. The van der Waals surface area contributed by atoms with Crippen molar-refractivity contribution in [1.29, 1.82) is 0 Å². The molecule has 0 saturated heterocycles. The van der Waals surface area contributed by atoms with E-state index in [0.29, 0.717) is 11.5 Å². The first-order valence-corrected chi connectivity index (χ1v) is 7.17. The van der Waals surface area contributed by atoms with Crippen molar-refractivity contribution >= 4 is 5.91 Å². The lowest BCUT2D eigenvalue weighted by molar-refractivity contribution is -0.126. The van der Waals surface area contributed by atoms with Gasteiger partial charge in [0.15, 0.2) is 5.76 Å². The van der Waals surface area contributed by atoms with Crippen LogP contribution in [0, 0.1) is 5.82 Å². The second kappa shape index (κ2) is 7.70. The highest BCUT2D eigenvalue weighted by Gasteiger charge is 2.09. The number of halogens is 1. The van der Waals surface area contributed by atoms with E-state index in [1.807, 2.05) is 13.8 Å². The predicted molar refractivity (Wildman–Crippen MR) is 79.4 cm³/mol. The van der Waals surface area contributed by atoms with Crippen molar-refractivity contribution in [1.82, 2.24) is 10.5 Å². The SMILES string of the molecule is CC[C@@H](C)NC(=O)COCc1cc(-c2ccc(F)cc2)on1. The molecule has 1 N–H and O–H groups in total. The van der Waals surface area contributed by atoms with Gasteiger partial charge in [-0.15, -0.1) is 0 Å². The van der Waals surface area contributed by atoms with E-state index in [9.17, 15) is 9.18 Å². The Morgan fingerprint density at radius 1 is 1.41 bits per heavy atom. The lowest BCUT2D eigenvalue weighted by Gasteiger charge is -2.10. The molecule has 2 rings (SSSR count). The first-order valence-electron chi connectivity index (χ1n) is 7.17. The van der Waals surface area contributed by atoms with Crippen LogP contribution < -0.4 is 5.32 Å². The van der Waals surface area contributed by atoms with E-state index in [4.69, 9.17) is 9.26 Å². The van der Waals surface area contributed by atoms with Crippen molar-refractivity contribution in [2.75, 3.05) is 6.61 Å². The highest BCUT2D eigenvalue weighted by atomic mass is 19.1. The van der Waals surface area contributed by atoms with Crippen molar-refractivity contribution in [3.8, 4) is 11.3 Å². The Kier molecular flexibility index (Phi) is 5.66. The van der Waals surface area contributed by atoms with Crippen molar-refractivity contribution in [2.24, 2.45) is 0 Å². The summed E-state index contributed by atoms with van der Waals surface area (Å²) in [5.41, 5.74) is 1.31. The standard InChI is InChI=1S/C16H19FN2O3/c1-3-11(2)18-16(20)10-21-9-14-8-15(22-19-14)12-4-6-13(17)7-5-12/h4-8,11H,3,9-10H2,1-2H3,(H,18,20)/t11-/m1/s1. The molecule has 118 valence electrons. The molecule has 0 aliphatic rings. The van der Waals surface area contributed by atoms with E-state index in [0.717, 1.165) is 12.0 Å². The number of hydrogen-bond acceptors (Lipinski definition) is 4. The molecule has 0 saturated carbocycles. The summed E-state index contributed by atoms with van der Waals surface area (Å²) in [5, 5.41) is 6.67. The normalized spacial score (nSPS) is 12.1. The number of carbonyl (C=O) groups is 1. The Morgan fingerprint density at radius 2 is 2.14 bits per heavy atom. The number of amides is 1. The van der Waals surface area contributed by atoms with E-state index in [-0.39, 0.29) is 31.0 Å². The minimum absolute atomic E-state index is 0.0247. The molecule has 1 aromatic carbocycles. The van der Waals surface area contributed by atoms with Gasteiger partial charge in [0.25, 0.3) is 0 Å². The quantitative estimate of drug-likeness (QED) is 0.854. The van der Waals surface area contributed by atoms with Crippen molar-refractivity contribution in [2.45, 2.75) is 32.9 Å². The third-order valence-corrected chi connectivity index (χ3v) is 3.19. The molecule has 5 nitrogen and oxygen atoms in total. The molecule has 0 unspecified atom stereocenters. The summed E-state index contributed by atoms with van der Waals surface area (Å²) in [6.07, 6.45) is 0.871. The van der Waals surface area contributed by atoms with E-state index in [1.165, 1.54) is 12.1 Å². The summed E-state index contributed by atoms with van der Waals surface area (Å²) in [5.74, 6) is 0.0680. The van der Waals surface area contributed by atoms with Gasteiger partial charge in [0.2, 0.25) is 5.91 Å². The van der Waals surface area contributed by atoms with Crippen LogP contribution in [0.25, 0.3) is 11.3 Å². The van der Waals surface area contributed by atoms with Gasteiger partial charge in [0.05, 0.1) is 6.61 Å².